The fraction of sp³-hybridized carbons (Fsp3) is 0.267. The van der Waals surface area contributed by atoms with E-state index in [1.165, 1.54) is 5.01 Å². The fourth-order valence-electron chi connectivity index (χ4n) is 5.19. The van der Waals surface area contributed by atoms with E-state index in [9.17, 15) is 14.4 Å². The molecule has 2 N–H and O–H groups in total. The maximum atomic E-state index is 15.9. The van der Waals surface area contributed by atoms with Crippen LogP contribution < -0.4 is 15.6 Å². The van der Waals surface area contributed by atoms with Gasteiger partial charge in [0.1, 0.15) is 11.4 Å². The molecule has 0 saturated carbocycles. The zero-order chi connectivity index (χ0) is 30.5. The van der Waals surface area contributed by atoms with Crippen LogP contribution in [0.3, 0.4) is 0 Å². The van der Waals surface area contributed by atoms with Crippen LogP contribution in [0.2, 0.25) is 5.02 Å². The van der Waals surface area contributed by atoms with E-state index in [2.05, 4.69) is 10.7 Å². The second-order valence-electron chi connectivity index (χ2n) is 10.1. The number of thiocarbonyl (C=S) groups is 1. The Morgan fingerprint density at radius 2 is 1.81 bits per heavy atom. The van der Waals surface area contributed by atoms with Crippen molar-refractivity contribution in [3.63, 3.8) is 0 Å². The third-order valence-electron chi connectivity index (χ3n) is 7.37. The van der Waals surface area contributed by atoms with Gasteiger partial charge >= 0.3 is 6.03 Å². The number of rotatable bonds is 10. The van der Waals surface area contributed by atoms with Crippen LogP contribution >= 0.6 is 23.8 Å². The number of carbonyl (C=O) groups excluding carboxylic acids is 3. The van der Waals surface area contributed by atoms with Crippen molar-refractivity contribution in [3.8, 4) is 0 Å². The summed E-state index contributed by atoms with van der Waals surface area (Å²) in [7, 11) is 0. The fourth-order valence-corrected chi connectivity index (χ4v) is 5.53. The first-order chi connectivity index (χ1) is 20.8. The number of halogens is 3. The molecule has 2 heterocycles. The van der Waals surface area contributed by atoms with Gasteiger partial charge < -0.3 is 5.32 Å². The summed E-state index contributed by atoms with van der Waals surface area (Å²) in [4.78, 5) is 40.0. The molecule has 1 atom stereocenters. The van der Waals surface area contributed by atoms with E-state index >= 15 is 8.78 Å². The van der Waals surface area contributed by atoms with Gasteiger partial charge in [-0.15, -0.1) is 0 Å². The Balaban J connectivity index is 1.30. The Kier molecular flexibility index (Phi) is 9.73. The summed E-state index contributed by atoms with van der Waals surface area (Å²) in [5.41, 5.74) is 4.06. The number of piperazine rings is 1. The molecule has 1 unspecified atom stereocenters. The van der Waals surface area contributed by atoms with Crippen molar-refractivity contribution in [3.05, 3.63) is 100 Å². The predicted octanol–water partition coefficient (Wildman–Crippen LogP) is 4.95. The van der Waals surface area contributed by atoms with Gasteiger partial charge in [0.05, 0.1) is 23.9 Å². The molecule has 9 nitrogen and oxygen atoms in total. The molecule has 0 bridgehead atoms. The molecule has 3 aromatic rings. The van der Waals surface area contributed by atoms with E-state index in [0.29, 0.717) is 43.2 Å². The number of amides is 3. The summed E-state index contributed by atoms with van der Waals surface area (Å²) in [6.07, 6.45) is 0.642. The number of Topliss-reactive ketones (excluding diaryl/α,β-unsaturated/α-hetero) is 1. The minimum atomic E-state index is -1.17. The number of carbonyl (C=O) groups is 3. The highest BCUT2D eigenvalue weighted by atomic mass is 35.5. The van der Waals surface area contributed by atoms with Gasteiger partial charge in [0.25, 0.3) is 5.91 Å². The topological polar surface area (TPSA) is 88.2 Å². The standard InChI is InChI=1S/C30H29ClF2N6O3S/c31-22-10-8-21(9-11-22)26(40)7-4-15-36-18-37(30(42)35-36)24-13-12-23(32)27(28(24)33)29(41)39(19-43)38-16-14-34-17-25(38)20-5-2-1-3-6-20/h1-3,5-6,8-13,19,25,34H,4,7,14-18H2,(H,35,42). The Morgan fingerprint density at radius 1 is 1.07 bits per heavy atom. The van der Waals surface area contributed by atoms with Crippen molar-refractivity contribution in [1.29, 1.82) is 0 Å². The highest BCUT2D eigenvalue weighted by Crippen LogP contribution is 2.30. The number of anilines is 1. The third kappa shape index (κ3) is 6.73. The lowest BCUT2D eigenvalue weighted by molar-refractivity contribution is -0.00322. The van der Waals surface area contributed by atoms with Gasteiger partial charge in [-0.1, -0.05) is 54.2 Å². The van der Waals surface area contributed by atoms with Gasteiger partial charge in [0.2, 0.25) is 0 Å². The highest BCUT2D eigenvalue weighted by Gasteiger charge is 2.36. The molecule has 3 aromatic carbocycles. The molecule has 43 heavy (non-hydrogen) atoms. The van der Waals surface area contributed by atoms with E-state index in [1.807, 2.05) is 30.3 Å². The van der Waals surface area contributed by atoms with E-state index in [-0.39, 0.29) is 30.6 Å². The smallest absolute Gasteiger partial charge is 0.313 e. The van der Waals surface area contributed by atoms with Crippen LogP contribution in [-0.4, -0.2) is 71.1 Å². The predicted molar refractivity (Wildman–Crippen MR) is 163 cm³/mol. The molecule has 0 radical (unpaired) electrons. The number of nitrogens with zero attached hydrogens (tertiary/aromatic N) is 4. The lowest BCUT2D eigenvalue weighted by atomic mass is 10.0. The zero-order valence-corrected chi connectivity index (χ0v) is 24.6. The number of nitrogens with one attached hydrogen (secondary N) is 2. The molecule has 224 valence electrons. The summed E-state index contributed by atoms with van der Waals surface area (Å²) in [5.74, 6) is -3.30. The van der Waals surface area contributed by atoms with Gasteiger partial charge in [0.15, 0.2) is 11.6 Å². The quantitative estimate of drug-likeness (QED) is 0.243. The van der Waals surface area contributed by atoms with Crippen molar-refractivity contribution in [1.82, 2.24) is 25.8 Å². The molecule has 2 aliphatic rings. The molecule has 2 fully saturated rings. The van der Waals surface area contributed by atoms with Crippen LogP contribution in [0.15, 0.2) is 66.7 Å². The van der Waals surface area contributed by atoms with Crippen LogP contribution in [0.5, 0.6) is 0 Å². The molecule has 0 spiro atoms. The van der Waals surface area contributed by atoms with Crippen molar-refractivity contribution in [2.45, 2.75) is 18.9 Å². The van der Waals surface area contributed by atoms with Crippen LogP contribution in [0.4, 0.5) is 19.3 Å². The number of hydrogen-bond donors (Lipinski definition) is 2. The molecule has 13 heteroatoms. The molecular formula is C30H29ClF2N6O3S. The average molecular weight is 627 g/mol. The van der Waals surface area contributed by atoms with E-state index in [0.717, 1.165) is 33.1 Å². The van der Waals surface area contributed by atoms with E-state index in [4.69, 9.17) is 23.8 Å². The number of benzene rings is 3. The van der Waals surface area contributed by atoms with Gasteiger partial charge in [0, 0.05) is 43.2 Å². The van der Waals surface area contributed by atoms with Gasteiger partial charge in [-0.25, -0.2) is 23.6 Å². The highest BCUT2D eigenvalue weighted by molar-refractivity contribution is 7.78. The molecule has 3 amide bonds. The first-order valence-corrected chi connectivity index (χ1v) is 14.5. The monoisotopic (exact) mass is 626 g/mol. The Hall–Kier alpha value is -3.81. The molecular weight excluding hydrogens is 598 g/mol. The summed E-state index contributed by atoms with van der Waals surface area (Å²) in [6, 6.07) is 17.1. The first-order valence-electron chi connectivity index (χ1n) is 13.7. The van der Waals surface area contributed by atoms with E-state index in [1.54, 1.807) is 29.3 Å². The number of ketones is 1. The zero-order valence-electron chi connectivity index (χ0n) is 23.0. The summed E-state index contributed by atoms with van der Waals surface area (Å²) < 4.78 is 31.0. The lowest BCUT2D eigenvalue weighted by Crippen LogP contribution is -2.55. The Morgan fingerprint density at radius 3 is 2.53 bits per heavy atom. The van der Waals surface area contributed by atoms with Crippen LogP contribution in [0, 0.1) is 11.6 Å². The molecule has 2 saturated heterocycles. The Bertz CT molecular complexity index is 1510. The summed E-state index contributed by atoms with van der Waals surface area (Å²) >= 11 is 11.0. The minimum absolute atomic E-state index is 0.0745. The van der Waals surface area contributed by atoms with E-state index < -0.39 is 29.1 Å². The first kappa shape index (κ1) is 30.6. The lowest BCUT2D eigenvalue weighted by Gasteiger charge is -2.41. The summed E-state index contributed by atoms with van der Waals surface area (Å²) in [6.45, 7) is 1.63. The van der Waals surface area contributed by atoms with Crippen LogP contribution in [-0.2, 0) is 0 Å². The molecule has 0 aliphatic carbocycles. The summed E-state index contributed by atoms with van der Waals surface area (Å²) in [5, 5.41) is 8.08. The molecule has 0 aromatic heterocycles. The minimum Gasteiger partial charge on any atom is -0.313 e. The SMILES string of the molecule is O=C(CCCN1CN(c2ccc(F)c(C(=O)N(C=S)N3CCNCC3c3ccccc3)c2F)C(=O)N1)c1ccc(Cl)cc1. The largest absolute Gasteiger partial charge is 0.337 e. The van der Waals surface area contributed by atoms with Crippen LogP contribution in [0.25, 0.3) is 0 Å². The molecule has 2 aliphatic heterocycles. The number of urea groups is 1. The van der Waals surface area contributed by atoms with Crippen molar-refractivity contribution in [2.24, 2.45) is 0 Å². The van der Waals surface area contributed by atoms with Gasteiger partial charge in [-0.2, -0.15) is 5.01 Å². The second-order valence-corrected chi connectivity index (χ2v) is 10.7. The van der Waals surface area contributed by atoms with Gasteiger partial charge in [-0.05, 0) is 48.4 Å². The van der Waals surface area contributed by atoms with Gasteiger partial charge in [-0.3, -0.25) is 19.9 Å². The third-order valence-corrected chi connectivity index (χ3v) is 7.82. The maximum Gasteiger partial charge on any atom is 0.337 e. The normalized spacial score (nSPS) is 17.5. The number of hydrogen-bond acceptors (Lipinski definition) is 7. The Labute approximate surface area is 257 Å². The maximum absolute atomic E-state index is 15.9. The second kappa shape index (κ2) is 13.7. The van der Waals surface area contributed by atoms with Crippen LogP contribution in [0.1, 0.15) is 45.2 Å². The van der Waals surface area contributed by atoms with Crippen molar-refractivity contribution in [2.75, 3.05) is 37.7 Å². The van der Waals surface area contributed by atoms with Crippen molar-refractivity contribution >= 4 is 52.7 Å². The van der Waals surface area contributed by atoms with Crippen molar-refractivity contribution < 1.29 is 23.2 Å². The average Bonchev–Trinajstić information content (AvgIpc) is 3.38. The molecule has 5 rings (SSSR count). The number of hydrazine groups is 2.